The molecular formula is C21H16Cl2N2O. The fourth-order valence-electron chi connectivity index (χ4n) is 3.19. The molecule has 1 aliphatic rings. The van der Waals surface area contributed by atoms with Gasteiger partial charge >= 0.3 is 0 Å². The van der Waals surface area contributed by atoms with Crippen LogP contribution < -0.4 is 5.01 Å². The van der Waals surface area contributed by atoms with Gasteiger partial charge in [-0.2, -0.15) is 5.10 Å². The summed E-state index contributed by atoms with van der Waals surface area (Å²) in [5, 5.41) is 17.7. The topological polar surface area (TPSA) is 35.8 Å². The Balaban J connectivity index is 1.80. The van der Waals surface area contributed by atoms with E-state index >= 15 is 0 Å². The van der Waals surface area contributed by atoms with Gasteiger partial charge in [-0.25, -0.2) is 0 Å². The Morgan fingerprint density at radius 3 is 2.19 bits per heavy atom. The molecule has 130 valence electrons. The van der Waals surface area contributed by atoms with Crippen molar-refractivity contribution in [2.24, 2.45) is 5.10 Å². The number of phenols is 1. The van der Waals surface area contributed by atoms with E-state index in [1.54, 1.807) is 12.1 Å². The molecule has 1 N–H and O–H groups in total. The average molecular weight is 383 g/mol. The number of para-hydroxylation sites is 1. The first kappa shape index (κ1) is 17.0. The molecule has 0 saturated heterocycles. The maximum atomic E-state index is 9.55. The van der Waals surface area contributed by atoms with Crippen LogP contribution in [-0.2, 0) is 0 Å². The highest BCUT2D eigenvalue weighted by atomic mass is 35.5. The molecule has 1 aliphatic heterocycles. The van der Waals surface area contributed by atoms with Crippen LogP contribution in [0.4, 0.5) is 5.69 Å². The van der Waals surface area contributed by atoms with Crippen molar-refractivity contribution < 1.29 is 5.11 Å². The quantitative estimate of drug-likeness (QED) is 0.597. The zero-order valence-corrected chi connectivity index (χ0v) is 15.3. The Bertz CT molecular complexity index is 970. The van der Waals surface area contributed by atoms with Crippen molar-refractivity contribution in [2.75, 3.05) is 5.01 Å². The summed E-state index contributed by atoms with van der Waals surface area (Å²) < 4.78 is 0. The molecule has 0 aliphatic carbocycles. The van der Waals surface area contributed by atoms with Crippen LogP contribution in [0.5, 0.6) is 5.75 Å². The number of rotatable bonds is 3. The van der Waals surface area contributed by atoms with Gasteiger partial charge in [0.05, 0.1) is 22.5 Å². The first-order chi connectivity index (χ1) is 12.6. The lowest BCUT2D eigenvalue weighted by Crippen LogP contribution is -2.19. The molecule has 0 bridgehead atoms. The molecule has 4 rings (SSSR count). The average Bonchev–Trinajstić information content (AvgIpc) is 3.08. The summed E-state index contributed by atoms with van der Waals surface area (Å²) in [6, 6.07) is 22.5. The van der Waals surface area contributed by atoms with Gasteiger partial charge in [-0.15, -0.1) is 0 Å². The number of nitrogens with zero attached hydrogens (tertiary/aromatic N) is 2. The molecule has 0 aromatic heterocycles. The van der Waals surface area contributed by atoms with E-state index in [1.807, 2.05) is 65.7 Å². The molecule has 1 unspecified atom stereocenters. The van der Waals surface area contributed by atoms with E-state index < -0.39 is 0 Å². The van der Waals surface area contributed by atoms with E-state index in [9.17, 15) is 5.11 Å². The Morgan fingerprint density at radius 2 is 1.50 bits per heavy atom. The van der Waals surface area contributed by atoms with E-state index in [4.69, 9.17) is 28.3 Å². The zero-order chi connectivity index (χ0) is 18.1. The molecule has 3 nitrogen and oxygen atoms in total. The summed E-state index contributed by atoms with van der Waals surface area (Å²) in [7, 11) is 0. The number of aromatic hydroxyl groups is 1. The van der Waals surface area contributed by atoms with Gasteiger partial charge in [-0.05, 0) is 53.6 Å². The van der Waals surface area contributed by atoms with E-state index in [0.29, 0.717) is 16.5 Å². The largest absolute Gasteiger partial charge is 0.508 e. The van der Waals surface area contributed by atoms with Gasteiger partial charge in [-0.1, -0.05) is 53.5 Å². The summed E-state index contributed by atoms with van der Waals surface area (Å²) in [6.45, 7) is 0. The van der Waals surface area contributed by atoms with E-state index in [0.717, 1.165) is 22.5 Å². The Hall–Kier alpha value is -2.49. The smallest absolute Gasteiger partial charge is 0.115 e. The highest BCUT2D eigenvalue weighted by Gasteiger charge is 2.32. The maximum Gasteiger partial charge on any atom is 0.115 e. The maximum absolute atomic E-state index is 9.55. The molecule has 0 spiro atoms. The number of hydrogen-bond acceptors (Lipinski definition) is 3. The Labute approximate surface area is 162 Å². The third-order valence-corrected chi connectivity index (χ3v) is 5.14. The van der Waals surface area contributed by atoms with Crippen LogP contribution in [0.1, 0.15) is 23.6 Å². The molecule has 26 heavy (non-hydrogen) atoms. The number of halogens is 2. The minimum absolute atomic E-state index is 0.0487. The fraction of sp³-hybridized carbons (Fsp3) is 0.0952. The van der Waals surface area contributed by atoms with Crippen molar-refractivity contribution in [2.45, 2.75) is 12.5 Å². The monoisotopic (exact) mass is 382 g/mol. The minimum Gasteiger partial charge on any atom is -0.508 e. The van der Waals surface area contributed by atoms with Crippen molar-refractivity contribution >= 4 is 34.6 Å². The Kier molecular flexibility index (Phi) is 4.58. The molecule has 3 aromatic carbocycles. The Morgan fingerprint density at radius 1 is 0.846 bits per heavy atom. The molecule has 0 saturated carbocycles. The molecule has 0 amide bonds. The van der Waals surface area contributed by atoms with Gasteiger partial charge in [0.15, 0.2) is 0 Å². The van der Waals surface area contributed by atoms with E-state index in [2.05, 4.69) is 0 Å². The number of hydrazone groups is 1. The van der Waals surface area contributed by atoms with Gasteiger partial charge in [0, 0.05) is 11.4 Å². The third-order valence-electron chi connectivity index (χ3n) is 4.47. The van der Waals surface area contributed by atoms with E-state index in [-0.39, 0.29) is 11.8 Å². The summed E-state index contributed by atoms with van der Waals surface area (Å²) in [6.07, 6.45) is 0.694. The number of anilines is 1. The fourth-order valence-corrected chi connectivity index (χ4v) is 3.67. The summed E-state index contributed by atoms with van der Waals surface area (Å²) in [4.78, 5) is 0. The number of phenolic OH excluding ortho intramolecular Hbond substituents is 1. The first-order valence-electron chi connectivity index (χ1n) is 8.28. The number of benzene rings is 3. The zero-order valence-electron chi connectivity index (χ0n) is 13.8. The van der Waals surface area contributed by atoms with Crippen LogP contribution in [0.15, 0.2) is 77.9 Å². The van der Waals surface area contributed by atoms with Crippen molar-refractivity contribution in [1.82, 2.24) is 0 Å². The normalized spacial score (nSPS) is 16.6. The lowest BCUT2D eigenvalue weighted by Gasteiger charge is -2.25. The molecule has 5 heteroatoms. The van der Waals surface area contributed by atoms with Gasteiger partial charge in [0.25, 0.3) is 0 Å². The molecule has 3 aromatic rings. The molecule has 1 heterocycles. The first-order valence-corrected chi connectivity index (χ1v) is 9.04. The van der Waals surface area contributed by atoms with Gasteiger partial charge < -0.3 is 5.11 Å². The van der Waals surface area contributed by atoms with Crippen LogP contribution >= 0.6 is 23.2 Å². The SMILES string of the molecule is Oc1ccc(C2=NN(c3ccccc3Cl)C(c3ccccc3Cl)C2)cc1. The second-order valence-electron chi connectivity index (χ2n) is 6.13. The summed E-state index contributed by atoms with van der Waals surface area (Å²) in [5.41, 5.74) is 3.74. The standard InChI is InChI=1S/C21H16Cl2N2O/c22-17-6-2-1-5-16(17)21-13-19(14-9-11-15(26)12-10-14)24-25(21)20-8-4-3-7-18(20)23/h1-12,21,26H,13H2. The lowest BCUT2D eigenvalue weighted by atomic mass is 9.98. The number of hydrogen-bond donors (Lipinski definition) is 1. The van der Waals surface area contributed by atoms with Gasteiger partial charge in [0.1, 0.15) is 5.75 Å². The van der Waals surface area contributed by atoms with Crippen molar-refractivity contribution in [3.63, 3.8) is 0 Å². The predicted molar refractivity (Wildman–Crippen MR) is 107 cm³/mol. The van der Waals surface area contributed by atoms with Gasteiger partial charge in [-0.3, -0.25) is 5.01 Å². The lowest BCUT2D eigenvalue weighted by molar-refractivity contribution is 0.475. The van der Waals surface area contributed by atoms with Crippen molar-refractivity contribution in [1.29, 1.82) is 0 Å². The van der Waals surface area contributed by atoms with Crippen LogP contribution in [0, 0.1) is 0 Å². The highest BCUT2D eigenvalue weighted by molar-refractivity contribution is 6.33. The van der Waals surface area contributed by atoms with Crippen molar-refractivity contribution in [3.8, 4) is 5.75 Å². The second-order valence-corrected chi connectivity index (χ2v) is 6.95. The van der Waals surface area contributed by atoms with Crippen LogP contribution in [0.2, 0.25) is 10.0 Å². The molecule has 1 atom stereocenters. The second kappa shape index (κ2) is 7.02. The highest BCUT2D eigenvalue weighted by Crippen LogP contribution is 2.41. The van der Waals surface area contributed by atoms with Crippen molar-refractivity contribution in [3.05, 3.63) is 94.0 Å². The molecular weight excluding hydrogens is 367 g/mol. The molecule has 0 radical (unpaired) electrons. The van der Waals surface area contributed by atoms with Crippen LogP contribution in [0.25, 0.3) is 0 Å². The predicted octanol–water partition coefficient (Wildman–Crippen LogP) is 6.05. The summed E-state index contributed by atoms with van der Waals surface area (Å²) >= 11 is 12.9. The summed E-state index contributed by atoms with van der Waals surface area (Å²) in [5.74, 6) is 0.234. The van der Waals surface area contributed by atoms with Crippen LogP contribution in [-0.4, -0.2) is 10.8 Å². The van der Waals surface area contributed by atoms with Crippen LogP contribution in [0.3, 0.4) is 0 Å². The van der Waals surface area contributed by atoms with Gasteiger partial charge in [0.2, 0.25) is 0 Å². The molecule has 0 fully saturated rings. The third kappa shape index (κ3) is 3.16. The minimum atomic E-state index is -0.0487. The van der Waals surface area contributed by atoms with E-state index in [1.165, 1.54) is 0 Å².